The largest absolute Gasteiger partial charge is 0.355 e. The number of allylic oxidation sites excluding steroid dienone is 3. The van der Waals surface area contributed by atoms with Crippen molar-refractivity contribution in [2.45, 2.75) is 97.3 Å². The van der Waals surface area contributed by atoms with E-state index in [0.29, 0.717) is 6.79 Å². The third-order valence-electron chi connectivity index (χ3n) is 3.99. The van der Waals surface area contributed by atoms with Gasteiger partial charge < -0.3 is 9.47 Å². The lowest BCUT2D eigenvalue weighted by Gasteiger charge is -2.02. The molecule has 0 aromatic carbocycles. The van der Waals surface area contributed by atoms with Crippen molar-refractivity contribution in [3.05, 3.63) is 24.3 Å². The van der Waals surface area contributed by atoms with E-state index in [0.717, 1.165) is 26.1 Å². The Balaban J connectivity index is 3.09. The Morgan fingerprint density at radius 1 is 0.500 bits per heavy atom. The van der Waals surface area contributed by atoms with Crippen LogP contribution in [0.15, 0.2) is 24.3 Å². The minimum atomic E-state index is 0.441. The Morgan fingerprint density at radius 3 is 1.58 bits per heavy atom. The number of hydrogen-bond acceptors (Lipinski definition) is 2. The van der Waals surface area contributed by atoms with Crippen molar-refractivity contribution in [3.8, 4) is 0 Å². The Labute approximate surface area is 151 Å². The minimum Gasteiger partial charge on any atom is -0.355 e. The molecule has 2 nitrogen and oxygen atoms in total. The van der Waals surface area contributed by atoms with Gasteiger partial charge in [0.25, 0.3) is 0 Å². The summed E-state index contributed by atoms with van der Waals surface area (Å²) in [5.41, 5.74) is 0. The van der Waals surface area contributed by atoms with Gasteiger partial charge >= 0.3 is 0 Å². The van der Waals surface area contributed by atoms with Crippen molar-refractivity contribution in [2.75, 3.05) is 20.0 Å². The maximum absolute atomic E-state index is 5.38. The second kappa shape index (κ2) is 22.4. The van der Waals surface area contributed by atoms with Crippen molar-refractivity contribution in [3.63, 3.8) is 0 Å². The van der Waals surface area contributed by atoms with E-state index in [1.165, 1.54) is 70.6 Å². The van der Waals surface area contributed by atoms with Gasteiger partial charge in [-0.15, -0.1) is 0 Å². The van der Waals surface area contributed by atoms with Gasteiger partial charge in [-0.3, -0.25) is 0 Å². The monoisotopic (exact) mass is 338 g/mol. The lowest BCUT2D eigenvalue weighted by atomic mass is 10.1. The Bertz CT molecular complexity index is 271. The highest BCUT2D eigenvalue weighted by Gasteiger charge is 1.90. The molecule has 0 saturated carbocycles. The third kappa shape index (κ3) is 21.4. The van der Waals surface area contributed by atoms with E-state index in [-0.39, 0.29) is 0 Å². The zero-order valence-corrected chi connectivity index (χ0v) is 16.4. The zero-order chi connectivity index (χ0) is 17.6. The Hall–Kier alpha value is -0.600. The summed E-state index contributed by atoms with van der Waals surface area (Å²) in [7, 11) is 0. The molecule has 0 aliphatic carbocycles. The molecule has 0 aliphatic rings. The van der Waals surface area contributed by atoms with Crippen LogP contribution in [0, 0.1) is 0 Å². The lowest BCUT2D eigenvalue weighted by Crippen LogP contribution is -2.01. The molecule has 2 heteroatoms. The van der Waals surface area contributed by atoms with Gasteiger partial charge in [0.15, 0.2) is 0 Å². The molecule has 0 aromatic rings. The highest BCUT2D eigenvalue weighted by atomic mass is 16.7. The molecule has 0 rings (SSSR count). The van der Waals surface area contributed by atoms with E-state index >= 15 is 0 Å². The average Bonchev–Trinajstić information content (AvgIpc) is 2.60. The van der Waals surface area contributed by atoms with Crippen molar-refractivity contribution in [1.82, 2.24) is 0 Å². The van der Waals surface area contributed by atoms with Crippen LogP contribution in [0.5, 0.6) is 0 Å². The number of hydrogen-bond donors (Lipinski definition) is 0. The molecule has 0 fully saturated rings. The van der Waals surface area contributed by atoms with E-state index in [2.05, 4.69) is 38.2 Å². The van der Waals surface area contributed by atoms with E-state index in [1.54, 1.807) is 0 Å². The van der Waals surface area contributed by atoms with Gasteiger partial charge in [-0.1, -0.05) is 76.7 Å². The van der Waals surface area contributed by atoms with E-state index in [9.17, 15) is 0 Å². The molecule has 142 valence electrons. The fourth-order valence-corrected chi connectivity index (χ4v) is 2.50. The van der Waals surface area contributed by atoms with Gasteiger partial charge in [0, 0.05) is 6.61 Å². The summed E-state index contributed by atoms with van der Waals surface area (Å²) in [5.74, 6) is 0. The fourth-order valence-electron chi connectivity index (χ4n) is 2.50. The molecule has 24 heavy (non-hydrogen) atoms. The van der Waals surface area contributed by atoms with Crippen molar-refractivity contribution in [2.24, 2.45) is 0 Å². The number of unbranched alkanes of at least 4 members (excludes halogenated alkanes) is 9. The topological polar surface area (TPSA) is 18.5 Å². The molecule has 0 N–H and O–H groups in total. The second-order valence-corrected chi connectivity index (χ2v) is 6.51. The molecule has 0 spiro atoms. The maximum atomic E-state index is 5.38. The van der Waals surface area contributed by atoms with Crippen LogP contribution < -0.4 is 0 Å². The van der Waals surface area contributed by atoms with Crippen molar-refractivity contribution in [1.29, 1.82) is 0 Å². The summed E-state index contributed by atoms with van der Waals surface area (Å²) in [6, 6.07) is 0. The molecular formula is C22H42O2. The van der Waals surface area contributed by atoms with Crippen LogP contribution in [0.2, 0.25) is 0 Å². The predicted molar refractivity (Wildman–Crippen MR) is 106 cm³/mol. The molecule has 0 saturated heterocycles. The second-order valence-electron chi connectivity index (χ2n) is 6.51. The summed E-state index contributed by atoms with van der Waals surface area (Å²) >= 11 is 0. The SMILES string of the molecule is CCCC/C=C/CCCCCCCC/C=C/CCOCOCCC. The van der Waals surface area contributed by atoms with Gasteiger partial charge in [-0.2, -0.15) is 0 Å². The summed E-state index contributed by atoms with van der Waals surface area (Å²) in [4.78, 5) is 0. The lowest BCUT2D eigenvalue weighted by molar-refractivity contribution is -0.0519. The van der Waals surface area contributed by atoms with Gasteiger partial charge in [-0.25, -0.2) is 0 Å². The standard InChI is InChI=1S/C22H42O2/c1-3-5-6-7-8-9-10-11-12-13-14-15-16-17-18-19-21-24-22-23-20-4-2/h7-8,17-18H,3-6,9-16,19-22H2,1-2H3/b8-7+,18-17+. The zero-order valence-electron chi connectivity index (χ0n) is 16.4. The molecule has 0 unspecified atom stereocenters. The van der Waals surface area contributed by atoms with Gasteiger partial charge in [-0.05, 0) is 44.9 Å². The van der Waals surface area contributed by atoms with Gasteiger partial charge in [0.1, 0.15) is 6.79 Å². The summed E-state index contributed by atoms with van der Waals surface area (Å²) in [5, 5.41) is 0. The van der Waals surface area contributed by atoms with Gasteiger partial charge in [0.2, 0.25) is 0 Å². The Kier molecular flexibility index (Phi) is 21.8. The summed E-state index contributed by atoms with van der Waals surface area (Å²) in [6.07, 6.45) is 26.0. The van der Waals surface area contributed by atoms with Crippen LogP contribution in [0.25, 0.3) is 0 Å². The van der Waals surface area contributed by atoms with E-state index in [4.69, 9.17) is 9.47 Å². The highest BCUT2D eigenvalue weighted by molar-refractivity contribution is 4.82. The van der Waals surface area contributed by atoms with Crippen LogP contribution in [0.3, 0.4) is 0 Å². The van der Waals surface area contributed by atoms with Crippen LogP contribution in [-0.4, -0.2) is 20.0 Å². The van der Waals surface area contributed by atoms with Crippen LogP contribution in [0.1, 0.15) is 97.3 Å². The average molecular weight is 339 g/mol. The van der Waals surface area contributed by atoms with Crippen molar-refractivity contribution >= 4 is 0 Å². The molecule has 0 heterocycles. The smallest absolute Gasteiger partial charge is 0.146 e. The summed E-state index contributed by atoms with van der Waals surface area (Å²) < 4.78 is 10.6. The summed E-state index contributed by atoms with van der Waals surface area (Å²) in [6.45, 7) is 6.37. The molecule has 0 aromatic heterocycles. The highest BCUT2D eigenvalue weighted by Crippen LogP contribution is 2.09. The van der Waals surface area contributed by atoms with Crippen LogP contribution in [0.4, 0.5) is 0 Å². The molecule has 0 radical (unpaired) electrons. The van der Waals surface area contributed by atoms with E-state index < -0.39 is 0 Å². The van der Waals surface area contributed by atoms with E-state index in [1.807, 2.05) is 0 Å². The molecule has 0 bridgehead atoms. The minimum absolute atomic E-state index is 0.441. The quantitative estimate of drug-likeness (QED) is 0.141. The van der Waals surface area contributed by atoms with Crippen LogP contribution in [-0.2, 0) is 9.47 Å². The Morgan fingerprint density at radius 2 is 1.00 bits per heavy atom. The fraction of sp³-hybridized carbons (Fsp3) is 0.818. The first-order valence-electron chi connectivity index (χ1n) is 10.4. The van der Waals surface area contributed by atoms with Gasteiger partial charge in [0.05, 0.1) is 6.61 Å². The number of ether oxygens (including phenoxy) is 2. The first kappa shape index (κ1) is 23.4. The maximum Gasteiger partial charge on any atom is 0.146 e. The molecule has 0 atom stereocenters. The first-order chi connectivity index (χ1) is 11.9. The molecule has 0 aliphatic heterocycles. The van der Waals surface area contributed by atoms with Crippen LogP contribution >= 0.6 is 0 Å². The first-order valence-corrected chi connectivity index (χ1v) is 10.4. The molecule has 0 amide bonds. The predicted octanol–water partition coefficient (Wildman–Crippen LogP) is 7.20. The molecular weight excluding hydrogens is 296 g/mol. The normalized spacial score (nSPS) is 11.9. The number of rotatable bonds is 19. The third-order valence-corrected chi connectivity index (χ3v) is 3.99. The van der Waals surface area contributed by atoms with Crippen molar-refractivity contribution < 1.29 is 9.47 Å².